The van der Waals surface area contributed by atoms with E-state index in [2.05, 4.69) is 36.6 Å². The van der Waals surface area contributed by atoms with Crippen LogP contribution >= 0.6 is 11.8 Å². The van der Waals surface area contributed by atoms with Crippen LogP contribution in [0.1, 0.15) is 44.3 Å². The van der Waals surface area contributed by atoms with Crippen LogP contribution in [0.2, 0.25) is 0 Å². The number of hydrogen-bond acceptors (Lipinski definition) is 6. The van der Waals surface area contributed by atoms with Crippen LogP contribution < -0.4 is 4.90 Å². The van der Waals surface area contributed by atoms with E-state index in [1.165, 1.54) is 25.7 Å². The van der Waals surface area contributed by atoms with Gasteiger partial charge in [-0.2, -0.15) is 0 Å². The third-order valence-corrected chi connectivity index (χ3v) is 6.24. The average molecular weight is 369 g/mol. The zero-order chi connectivity index (χ0) is 17.5. The fraction of sp³-hybridized carbons (Fsp3) is 0.556. The zero-order valence-corrected chi connectivity index (χ0v) is 15.8. The Bertz CT molecular complexity index is 872. The van der Waals surface area contributed by atoms with E-state index in [0.717, 1.165) is 47.3 Å². The molecule has 7 nitrogen and oxygen atoms in total. The lowest BCUT2D eigenvalue weighted by atomic mass is 10.00. The summed E-state index contributed by atoms with van der Waals surface area (Å²) in [5.74, 6) is 3.42. The van der Waals surface area contributed by atoms with Crippen molar-refractivity contribution in [3.63, 3.8) is 0 Å². The molecule has 0 spiro atoms. The molecule has 0 aromatic carbocycles. The smallest absolute Gasteiger partial charge is 0.233 e. The number of nitrogens with zero attached hydrogens (tertiary/aromatic N) is 7. The Kier molecular flexibility index (Phi) is 4.07. The van der Waals surface area contributed by atoms with Crippen molar-refractivity contribution < 1.29 is 0 Å². The molecule has 2 aliphatic rings. The molecule has 1 saturated carbocycles. The minimum absolute atomic E-state index is 0.574. The molecule has 5 rings (SSSR count). The Morgan fingerprint density at radius 3 is 2.77 bits per heavy atom. The minimum atomic E-state index is 0.574. The highest BCUT2D eigenvalue weighted by Gasteiger charge is 2.32. The van der Waals surface area contributed by atoms with E-state index in [1.54, 1.807) is 18.0 Å². The molecule has 0 atom stereocenters. The van der Waals surface area contributed by atoms with E-state index >= 15 is 0 Å². The second-order valence-corrected chi connectivity index (χ2v) is 8.34. The summed E-state index contributed by atoms with van der Waals surface area (Å²) in [7, 11) is 0. The highest BCUT2D eigenvalue weighted by atomic mass is 32.2. The van der Waals surface area contributed by atoms with Crippen LogP contribution in [-0.4, -0.2) is 42.2 Å². The van der Waals surface area contributed by atoms with Crippen LogP contribution in [-0.2, 0) is 5.75 Å². The second-order valence-electron chi connectivity index (χ2n) is 7.40. The fourth-order valence-corrected chi connectivity index (χ4v) is 4.42. The molecule has 8 heteroatoms. The third-order valence-electron chi connectivity index (χ3n) is 5.26. The van der Waals surface area contributed by atoms with Gasteiger partial charge in [-0.15, -0.1) is 10.2 Å². The number of piperidine rings is 1. The topological polar surface area (TPSA) is 64.1 Å². The lowest BCUT2D eigenvalue weighted by Gasteiger charge is -2.31. The summed E-state index contributed by atoms with van der Waals surface area (Å²) in [5, 5.41) is 10.1. The van der Waals surface area contributed by atoms with Gasteiger partial charge in [-0.3, -0.25) is 8.97 Å². The summed E-state index contributed by atoms with van der Waals surface area (Å²) in [6, 6.07) is 2.49. The molecule has 1 aliphatic carbocycles. The van der Waals surface area contributed by atoms with Gasteiger partial charge in [0.2, 0.25) is 11.7 Å². The normalized spacial score (nSPS) is 18.7. The summed E-state index contributed by atoms with van der Waals surface area (Å²) in [6.07, 6.45) is 10.8. The van der Waals surface area contributed by atoms with Crippen molar-refractivity contribution in [2.45, 2.75) is 49.6 Å². The largest absolute Gasteiger partial charge is 0.341 e. The minimum Gasteiger partial charge on any atom is -0.341 e. The maximum Gasteiger partial charge on any atom is 0.233 e. The van der Waals surface area contributed by atoms with E-state index in [1.807, 2.05) is 22.9 Å². The lowest BCUT2D eigenvalue weighted by molar-refractivity contribution is 0.429. The van der Waals surface area contributed by atoms with E-state index in [0.29, 0.717) is 6.04 Å². The van der Waals surface area contributed by atoms with Crippen LogP contribution in [0.25, 0.3) is 5.78 Å². The number of anilines is 1. The predicted molar refractivity (Wildman–Crippen MR) is 101 cm³/mol. The number of thioether (sulfide) groups is 1. The number of fused-ring (bicyclic) bond motifs is 1. The molecular formula is C18H23N7S. The van der Waals surface area contributed by atoms with Crippen molar-refractivity contribution >= 4 is 23.5 Å². The Hall–Kier alpha value is -2.09. The van der Waals surface area contributed by atoms with Crippen LogP contribution in [0.15, 0.2) is 29.8 Å². The molecule has 3 aromatic heterocycles. The molecule has 0 amide bonds. The molecule has 1 saturated heterocycles. The molecular weight excluding hydrogens is 346 g/mol. The Morgan fingerprint density at radius 2 is 2.00 bits per heavy atom. The quantitative estimate of drug-likeness (QED) is 0.644. The zero-order valence-electron chi connectivity index (χ0n) is 15.0. The van der Waals surface area contributed by atoms with Gasteiger partial charge in [-0.05, 0) is 37.7 Å². The van der Waals surface area contributed by atoms with Crippen molar-refractivity contribution in [1.82, 2.24) is 29.1 Å². The molecule has 26 heavy (non-hydrogen) atoms. The Morgan fingerprint density at radius 1 is 1.15 bits per heavy atom. The van der Waals surface area contributed by atoms with Crippen molar-refractivity contribution in [2.75, 3.05) is 18.0 Å². The average Bonchev–Trinajstić information content (AvgIpc) is 3.27. The maximum absolute atomic E-state index is 4.59. The predicted octanol–water partition coefficient (Wildman–Crippen LogP) is 3.18. The molecule has 3 aromatic rings. The molecule has 4 heterocycles. The first kappa shape index (κ1) is 16.1. The van der Waals surface area contributed by atoms with Gasteiger partial charge in [0.15, 0.2) is 5.16 Å². The maximum atomic E-state index is 4.59. The lowest BCUT2D eigenvalue weighted by Crippen LogP contribution is -2.34. The van der Waals surface area contributed by atoms with Gasteiger partial charge < -0.3 is 4.90 Å². The molecule has 1 aliphatic heterocycles. The summed E-state index contributed by atoms with van der Waals surface area (Å²) in [6.45, 7) is 4.53. The van der Waals surface area contributed by atoms with E-state index in [4.69, 9.17) is 0 Å². The van der Waals surface area contributed by atoms with Crippen molar-refractivity contribution in [3.8, 4) is 0 Å². The summed E-state index contributed by atoms with van der Waals surface area (Å²) in [4.78, 5) is 11.3. The number of rotatable bonds is 5. The van der Waals surface area contributed by atoms with Gasteiger partial charge in [0.25, 0.3) is 0 Å². The highest BCUT2D eigenvalue weighted by molar-refractivity contribution is 7.98. The number of aromatic nitrogens is 6. The third kappa shape index (κ3) is 3.06. The van der Waals surface area contributed by atoms with Crippen LogP contribution in [0.4, 0.5) is 5.95 Å². The summed E-state index contributed by atoms with van der Waals surface area (Å²) < 4.78 is 4.33. The van der Waals surface area contributed by atoms with Crippen LogP contribution in [0, 0.1) is 5.92 Å². The second kappa shape index (κ2) is 6.57. The van der Waals surface area contributed by atoms with Gasteiger partial charge >= 0.3 is 0 Å². The fourth-order valence-electron chi connectivity index (χ4n) is 3.53. The Labute approximate surface area is 156 Å². The van der Waals surface area contributed by atoms with Gasteiger partial charge in [0, 0.05) is 43.5 Å². The van der Waals surface area contributed by atoms with Crippen molar-refractivity contribution in [2.24, 2.45) is 5.92 Å². The van der Waals surface area contributed by atoms with Crippen LogP contribution in [0.3, 0.4) is 0 Å². The van der Waals surface area contributed by atoms with Gasteiger partial charge in [0.05, 0.1) is 5.69 Å². The first-order chi connectivity index (χ1) is 12.8. The standard InChI is InChI=1S/C18H23N7S/c1-13-5-9-23(10-6-13)17-21-22-18(25(17)15-3-4-15)26-12-14-11-24-8-2-7-19-16(24)20-14/h2,7-8,11,13,15H,3-6,9-10,12H2,1H3. The molecule has 0 unspecified atom stereocenters. The first-order valence-electron chi connectivity index (χ1n) is 9.39. The van der Waals surface area contributed by atoms with Crippen LogP contribution in [0.5, 0.6) is 0 Å². The summed E-state index contributed by atoms with van der Waals surface area (Å²) in [5.41, 5.74) is 1.02. The van der Waals surface area contributed by atoms with Crippen molar-refractivity contribution in [3.05, 3.63) is 30.4 Å². The number of imidazole rings is 1. The van der Waals surface area contributed by atoms with E-state index < -0.39 is 0 Å². The highest BCUT2D eigenvalue weighted by Crippen LogP contribution is 2.41. The molecule has 0 N–H and O–H groups in total. The SMILES string of the molecule is CC1CCN(c2nnc(SCc3cn4cccnc4n3)n2C2CC2)CC1. The summed E-state index contributed by atoms with van der Waals surface area (Å²) >= 11 is 1.73. The van der Waals surface area contributed by atoms with E-state index in [9.17, 15) is 0 Å². The molecule has 2 fully saturated rings. The van der Waals surface area contributed by atoms with Gasteiger partial charge in [-0.1, -0.05) is 18.7 Å². The Balaban J connectivity index is 1.35. The first-order valence-corrected chi connectivity index (χ1v) is 10.4. The van der Waals surface area contributed by atoms with Crippen molar-refractivity contribution in [1.29, 1.82) is 0 Å². The molecule has 0 bridgehead atoms. The van der Waals surface area contributed by atoms with Gasteiger partial charge in [0.1, 0.15) is 0 Å². The number of hydrogen-bond donors (Lipinski definition) is 0. The monoisotopic (exact) mass is 369 g/mol. The molecule has 136 valence electrons. The molecule has 0 radical (unpaired) electrons. The van der Waals surface area contributed by atoms with Gasteiger partial charge in [-0.25, -0.2) is 9.97 Å². The van der Waals surface area contributed by atoms with E-state index in [-0.39, 0.29) is 0 Å².